The smallest absolute Gasteiger partial charge is 0.245 e. The summed E-state index contributed by atoms with van der Waals surface area (Å²) in [5, 5.41) is 7.16. The van der Waals surface area contributed by atoms with Crippen molar-refractivity contribution in [2.45, 2.75) is 31.3 Å². The molecular weight excluding hydrogens is 320 g/mol. The molecule has 1 heterocycles. The molecule has 1 aliphatic carbocycles. The minimum Gasteiger partial charge on any atom is -0.345 e. The minimum atomic E-state index is -0.356. The van der Waals surface area contributed by atoms with Crippen molar-refractivity contribution in [3.8, 4) is 0 Å². The van der Waals surface area contributed by atoms with Crippen molar-refractivity contribution in [2.24, 2.45) is 0 Å². The number of hydrogen-bond acceptors (Lipinski definition) is 3. The predicted molar refractivity (Wildman–Crippen MR) is 77.9 cm³/mol. The van der Waals surface area contributed by atoms with Gasteiger partial charge in [0.2, 0.25) is 5.91 Å². The van der Waals surface area contributed by atoms with Crippen LogP contribution < -0.4 is 5.32 Å². The number of carbonyl (C=O) groups excluding carboxylic acids is 1. The predicted octanol–water partition coefficient (Wildman–Crippen LogP) is 2.41. The summed E-state index contributed by atoms with van der Waals surface area (Å²) in [6.07, 6.45) is 4.95. The number of benzene rings is 1. The van der Waals surface area contributed by atoms with Crippen molar-refractivity contribution in [3.05, 3.63) is 47.0 Å². The summed E-state index contributed by atoms with van der Waals surface area (Å²) in [4.78, 5) is 16.2. The van der Waals surface area contributed by atoms with E-state index in [-0.39, 0.29) is 17.5 Å². The molecule has 1 amide bonds. The minimum absolute atomic E-state index is 0.0316. The highest BCUT2D eigenvalue weighted by molar-refractivity contribution is 9.10. The highest BCUT2D eigenvalue weighted by atomic mass is 79.9. The van der Waals surface area contributed by atoms with Gasteiger partial charge in [0.25, 0.3) is 0 Å². The Morgan fingerprint density at radius 3 is 2.65 bits per heavy atom. The van der Waals surface area contributed by atoms with Crippen LogP contribution in [0.4, 0.5) is 0 Å². The fourth-order valence-corrected chi connectivity index (χ4v) is 2.52. The number of amides is 1. The lowest BCUT2D eigenvalue weighted by molar-refractivity contribution is -0.125. The van der Waals surface area contributed by atoms with Crippen molar-refractivity contribution in [2.75, 3.05) is 0 Å². The van der Waals surface area contributed by atoms with E-state index >= 15 is 0 Å². The largest absolute Gasteiger partial charge is 0.345 e. The fraction of sp³-hybridized carbons (Fsp3) is 0.357. The average Bonchev–Trinajstić information content (AvgIpc) is 3.02. The van der Waals surface area contributed by atoms with Crippen LogP contribution in [0, 0.1) is 0 Å². The van der Waals surface area contributed by atoms with Crippen LogP contribution >= 0.6 is 15.9 Å². The zero-order valence-corrected chi connectivity index (χ0v) is 12.7. The summed E-state index contributed by atoms with van der Waals surface area (Å²) in [6, 6.07) is 7.75. The van der Waals surface area contributed by atoms with E-state index in [9.17, 15) is 4.79 Å². The highest BCUT2D eigenvalue weighted by Crippen LogP contribution is 2.45. The van der Waals surface area contributed by atoms with Gasteiger partial charge in [-0.15, -0.1) is 0 Å². The first-order chi connectivity index (χ1) is 9.61. The van der Waals surface area contributed by atoms with Crippen molar-refractivity contribution in [3.63, 3.8) is 0 Å². The van der Waals surface area contributed by atoms with E-state index in [0.717, 1.165) is 22.9 Å². The molecule has 1 atom stereocenters. The summed E-state index contributed by atoms with van der Waals surface area (Å²) in [5.74, 6) is -0.0316. The second-order valence-corrected chi connectivity index (χ2v) is 6.05. The molecule has 1 aliphatic rings. The van der Waals surface area contributed by atoms with Crippen molar-refractivity contribution < 1.29 is 4.79 Å². The third-order valence-electron chi connectivity index (χ3n) is 3.72. The summed E-state index contributed by atoms with van der Waals surface area (Å²) in [5.41, 5.74) is 0.951. The lowest BCUT2D eigenvalue weighted by Crippen LogP contribution is -2.39. The molecule has 0 saturated heterocycles. The first-order valence-corrected chi connectivity index (χ1v) is 7.32. The number of halogens is 1. The molecule has 1 aromatic heterocycles. The Morgan fingerprint density at radius 1 is 1.40 bits per heavy atom. The molecule has 1 aromatic carbocycles. The van der Waals surface area contributed by atoms with E-state index in [1.807, 2.05) is 19.1 Å². The molecular formula is C14H15BrN4O. The average molecular weight is 335 g/mol. The van der Waals surface area contributed by atoms with Gasteiger partial charge in [0.15, 0.2) is 0 Å². The topological polar surface area (TPSA) is 59.8 Å². The van der Waals surface area contributed by atoms with Gasteiger partial charge in [-0.2, -0.15) is 5.10 Å². The van der Waals surface area contributed by atoms with Gasteiger partial charge in [-0.25, -0.2) is 9.67 Å². The van der Waals surface area contributed by atoms with Crippen LogP contribution in [0.2, 0.25) is 0 Å². The lowest BCUT2D eigenvalue weighted by atomic mass is 10.0. The zero-order chi connectivity index (χ0) is 14.2. The van der Waals surface area contributed by atoms with Crippen LogP contribution in [0.1, 0.15) is 31.4 Å². The molecule has 3 rings (SSSR count). The van der Waals surface area contributed by atoms with Crippen LogP contribution in [0.3, 0.4) is 0 Å². The standard InChI is InChI=1S/C14H15BrN4O/c1-10(19-9-16-8-17-19)13(20)18-14(6-7-14)11-2-4-12(15)5-3-11/h2-5,8-10H,6-7H2,1H3,(H,18,20)/t10-/m0/s1. The Kier molecular flexibility index (Phi) is 3.33. The fourth-order valence-electron chi connectivity index (χ4n) is 2.26. The molecule has 0 bridgehead atoms. The third kappa shape index (κ3) is 2.47. The van der Waals surface area contributed by atoms with E-state index in [0.29, 0.717) is 0 Å². The number of carbonyl (C=O) groups is 1. The maximum atomic E-state index is 12.3. The van der Waals surface area contributed by atoms with Gasteiger partial charge in [0, 0.05) is 4.47 Å². The van der Waals surface area contributed by atoms with Crippen molar-refractivity contribution in [1.82, 2.24) is 20.1 Å². The van der Waals surface area contributed by atoms with Gasteiger partial charge in [-0.3, -0.25) is 4.79 Å². The molecule has 1 fully saturated rings. The zero-order valence-electron chi connectivity index (χ0n) is 11.1. The van der Waals surface area contributed by atoms with Crippen LogP contribution in [0.5, 0.6) is 0 Å². The summed E-state index contributed by atoms with van der Waals surface area (Å²) in [7, 11) is 0. The Hall–Kier alpha value is -1.69. The van der Waals surface area contributed by atoms with E-state index < -0.39 is 0 Å². The normalized spacial score (nSPS) is 17.5. The van der Waals surface area contributed by atoms with Crippen LogP contribution in [0.15, 0.2) is 41.4 Å². The number of nitrogens with one attached hydrogen (secondary N) is 1. The molecule has 0 radical (unpaired) electrons. The highest BCUT2D eigenvalue weighted by Gasteiger charge is 2.46. The van der Waals surface area contributed by atoms with E-state index in [1.54, 1.807) is 11.0 Å². The Morgan fingerprint density at radius 2 is 2.10 bits per heavy atom. The first kappa shape index (κ1) is 13.3. The molecule has 1 N–H and O–H groups in total. The molecule has 104 valence electrons. The van der Waals surface area contributed by atoms with Gasteiger partial charge in [0.1, 0.15) is 18.7 Å². The Balaban J connectivity index is 1.74. The molecule has 0 spiro atoms. The molecule has 5 nitrogen and oxygen atoms in total. The summed E-state index contributed by atoms with van der Waals surface area (Å²) < 4.78 is 2.60. The second-order valence-electron chi connectivity index (χ2n) is 5.13. The first-order valence-electron chi connectivity index (χ1n) is 6.53. The Labute approximate surface area is 125 Å². The summed E-state index contributed by atoms with van der Waals surface area (Å²) in [6.45, 7) is 1.82. The van der Waals surface area contributed by atoms with E-state index in [1.165, 1.54) is 6.33 Å². The quantitative estimate of drug-likeness (QED) is 0.933. The van der Waals surface area contributed by atoms with Crippen molar-refractivity contribution in [1.29, 1.82) is 0 Å². The second kappa shape index (κ2) is 5.01. The lowest BCUT2D eigenvalue weighted by Gasteiger charge is -2.21. The van der Waals surface area contributed by atoms with Crippen LogP contribution in [-0.2, 0) is 10.3 Å². The number of aromatic nitrogens is 3. The van der Waals surface area contributed by atoms with E-state index in [4.69, 9.17) is 0 Å². The number of hydrogen-bond donors (Lipinski definition) is 1. The van der Waals surface area contributed by atoms with Gasteiger partial charge in [-0.05, 0) is 37.5 Å². The maximum Gasteiger partial charge on any atom is 0.245 e. The maximum absolute atomic E-state index is 12.3. The number of rotatable bonds is 4. The Bertz CT molecular complexity index is 605. The van der Waals surface area contributed by atoms with Gasteiger partial charge < -0.3 is 5.32 Å². The third-order valence-corrected chi connectivity index (χ3v) is 4.25. The van der Waals surface area contributed by atoms with Gasteiger partial charge >= 0.3 is 0 Å². The van der Waals surface area contributed by atoms with Gasteiger partial charge in [0.05, 0.1) is 5.54 Å². The van der Waals surface area contributed by atoms with E-state index in [2.05, 4.69) is 43.5 Å². The van der Waals surface area contributed by atoms with Crippen LogP contribution in [0.25, 0.3) is 0 Å². The molecule has 20 heavy (non-hydrogen) atoms. The molecule has 0 aliphatic heterocycles. The molecule has 1 saturated carbocycles. The SMILES string of the molecule is C[C@@H](C(=O)NC1(c2ccc(Br)cc2)CC1)n1cncn1. The molecule has 6 heteroatoms. The molecule has 2 aromatic rings. The number of nitrogens with zero attached hydrogens (tertiary/aromatic N) is 3. The van der Waals surface area contributed by atoms with Crippen LogP contribution in [-0.4, -0.2) is 20.7 Å². The summed E-state index contributed by atoms with van der Waals surface area (Å²) >= 11 is 3.43. The van der Waals surface area contributed by atoms with Crippen molar-refractivity contribution >= 4 is 21.8 Å². The molecule has 0 unspecified atom stereocenters. The monoisotopic (exact) mass is 334 g/mol. The van der Waals surface area contributed by atoms with Gasteiger partial charge in [-0.1, -0.05) is 28.1 Å².